The third-order valence-corrected chi connectivity index (χ3v) is 11.3. The SMILES string of the molecule is CCCCCCCCCCCCCCCCCCCCCCCC(O)C(COP(=O)([O-])OCC[N+](C)(C)C)NC(=O)CCCCCCCCCCC. The number of aliphatic hydroxyl groups excluding tert-OH is 1. The molecule has 0 bridgehead atoms. The second kappa shape index (κ2) is 36.2. The van der Waals surface area contributed by atoms with Crippen molar-refractivity contribution in [2.24, 2.45) is 0 Å². The van der Waals surface area contributed by atoms with Crippen LogP contribution in [0.3, 0.4) is 0 Å². The number of aliphatic hydroxyl groups is 1. The van der Waals surface area contributed by atoms with E-state index in [-0.39, 0.29) is 19.1 Å². The average Bonchev–Trinajstić information content (AvgIpc) is 3.09. The first-order chi connectivity index (χ1) is 25.0. The van der Waals surface area contributed by atoms with E-state index >= 15 is 0 Å². The van der Waals surface area contributed by atoms with Crippen LogP contribution in [0.15, 0.2) is 0 Å². The fraction of sp³-hybridized carbons (Fsp3) is 0.977. The Labute approximate surface area is 323 Å². The molecule has 0 aromatic rings. The molecule has 0 saturated carbocycles. The third-order valence-electron chi connectivity index (χ3n) is 10.3. The summed E-state index contributed by atoms with van der Waals surface area (Å²) in [5, 5.41) is 13.9. The predicted octanol–water partition coefficient (Wildman–Crippen LogP) is 11.6. The van der Waals surface area contributed by atoms with Crippen LogP contribution in [0.5, 0.6) is 0 Å². The van der Waals surface area contributed by atoms with Crippen molar-refractivity contribution in [2.75, 3.05) is 40.9 Å². The van der Waals surface area contributed by atoms with Gasteiger partial charge in [0.2, 0.25) is 5.91 Å². The second-order valence-electron chi connectivity index (χ2n) is 16.8. The van der Waals surface area contributed by atoms with E-state index in [1.165, 1.54) is 154 Å². The summed E-state index contributed by atoms with van der Waals surface area (Å²) in [6.07, 6.45) is 38.3. The van der Waals surface area contributed by atoms with Gasteiger partial charge in [0.25, 0.3) is 7.82 Å². The zero-order valence-corrected chi connectivity index (χ0v) is 36.2. The van der Waals surface area contributed by atoms with Crippen LogP contribution in [0, 0.1) is 0 Å². The summed E-state index contributed by atoms with van der Waals surface area (Å²) in [6.45, 7) is 4.71. The largest absolute Gasteiger partial charge is 0.756 e. The number of carbonyl (C=O) groups excluding carboxylic acids is 1. The molecule has 1 amide bonds. The summed E-state index contributed by atoms with van der Waals surface area (Å²) < 4.78 is 23.2. The Morgan fingerprint density at radius 3 is 1.31 bits per heavy atom. The molecule has 312 valence electrons. The van der Waals surface area contributed by atoms with Crippen LogP contribution < -0.4 is 10.2 Å². The molecule has 2 N–H and O–H groups in total. The van der Waals surface area contributed by atoms with Gasteiger partial charge in [-0.15, -0.1) is 0 Å². The monoisotopic (exact) mass is 761 g/mol. The molecule has 52 heavy (non-hydrogen) atoms. The van der Waals surface area contributed by atoms with Gasteiger partial charge in [-0.1, -0.05) is 200 Å². The number of quaternary nitrogens is 1. The van der Waals surface area contributed by atoms with Crippen molar-refractivity contribution < 1.29 is 32.9 Å². The van der Waals surface area contributed by atoms with Crippen molar-refractivity contribution in [3.05, 3.63) is 0 Å². The Morgan fingerprint density at radius 1 is 0.596 bits per heavy atom. The van der Waals surface area contributed by atoms with Crippen molar-refractivity contribution >= 4 is 13.7 Å². The molecule has 9 heteroatoms. The third kappa shape index (κ3) is 37.8. The van der Waals surface area contributed by atoms with Crippen LogP contribution in [0.25, 0.3) is 0 Å². The minimum atomic E-state index is -4.55. The standard InChI is InChI=1S/C43H89N2O6P/c1-6-8-10-12-14-16-17-18-19-20-21-22-23-24-25-26-27-29-30-32-34-36-42(46)41(40-51-52(48,49)50-39-38-45(3,4)5)44-43(47)37-35-33-31-28-15-13-11-9-7-2/h41-42,46H,6-40H2,1-5H3,(H-,44,47,48,49). The fourth-order valence-corrected chi connectivity index (χ4v) is 7.47. The van der Waals surface area contributed by atoms with Gasteiger partial charge in [-0.3, -0.25) is 9.36 Å². The molecule has 0 aromatic carbocycles. The van der Waals surface area contributed by atoms with Crippen molar-refractivity contribution in [2.45, 2.75) is 231 Å². The maximum atomic E-state index is 12.8. The van der Waals surface area contributed by atoms with Crippen molar-refractivity contribution in [1.82, 2.24) is 5.32 Å². The molecule has 8 nitrogen and oxygen atoms in total. The molecule has 0 heterocycles. The number of phosphoric acid groups is 1. The highest BCUT2D eigenvalue weighted by atomic mass is 31.2. The summed E-state index contributed by atoms with van der Waals surface area (Å²) in [4.78, 5) is 25.2. The van der Waals surface area contributed by atoms with E-state index in [2.05, 4.69) is 19.2 Å². The molecule has 0 aromatic heterocycles. The molecular weight excluding hydrogens is 671 g/mol. The number of hydrogen-bond donors (Lipinski definition) is 2. The number of nitrogens with zero attached hydrogens (tertiary/aromatic N) is 1. The number of hydrogen-bond acceptors (Lipinski definition) is 6. The summed E-state index contributed by atoms with van der Waals surface area (Å²) in [5.41, 5.74) is 0. The van der Waals surface area contributed by atoms with E-state index in [1.807, 2.05) is 21.1 Å². The van der Waals surface area contributed by atoms with Crippen LogP contribution in [0.1, 0.15) is 219 Å². The molecular formula is C43H89N2O6P. The zero-order chi connectivity index (χ0) is 38.6. The van der Waals surface area contributed by atoms with Gasteiger partial charge in [-0.25, -0.2) is 0 Å². The average molecular weight is 761 g/mol. The number of nitrogens with one attached hydrogen (secondary N) is 1. The van der Waals surface area contributed by atoms with Crippen LogP contribution in [-0.4, -0.2) is 68.5 Å². The number of rotatable bonds is 41. The van der Waals surface area contributed by atoms with E-state index in [0.29, 0.717) is 23.9 Å². The highest BCUT2D eigenvalue weighted by Crippen LogP contribution is 2.38. The minimum Gasteiger partial charge on any atom is -0.756 e. The summed E-state index contributed by atoms with van der Waals surface area (Å²) >= 11 is 0. The van der Waals surface area contributed by atoms with E-state index < -0.39 is 20.0 Å². The smallest absolute Gasteiger partial charge is 0.268 e. The number of amides is 1. The Balaban J connectivity index is 4.20. The van der Waals surface area contributed by atoms with Crippen molar-refractivity contribution in [3.63, 3.8) is 0 Å². The lowest BCUT2D eigenvalue weighted by molar-refractivity contribution is -0.870. The zero-order valence-electron chi connectivity index (χ0n) is 35.3. The molecule has 0 aliphatic rings. The van der Waals surface area contributed by atoms with Gasteiger partial charge in [0.15, 0.2) is 0 Å². The van der Waals surface area contributed by atoms with Crippen LogP contribution in [-0.2, 0) is 18.4 Å². The Morgan fingerprint density at radius 2 is 0.942 bits per heavy atom. The molecule has 0 radical (unpaired) electrons. The van der Waals surface area contributed by atoms with E-state index in [1.54, 1.807) is 0 Å². The van der Waals surface area contributed by atoms with Crippen molar-refractivity contribution in [1.29, 1.82) is 0 Å². The number of carbonyl (C=O) groups is 1. The van der Waals surface area contributed by atoms with Gasteiger partial charge in [0, 0.05) is 6.42 Å². The lowest BCUT2D eigenvalue weighted by Crippen LogP contribution is -2.46. The lowest BCUT2D eigenvalue weighted by Gasteiger charge is -2.30. The van der Waals surface area contributed by atoms with Gasteiger partial charge in [-0.2, -0.15) is 0 Å². The maximum Gasteiger partial charge on any atom is 0.268 e. The van der Waals surface area contributed by atoms with E-state index in [0.717, 1.165) is 38.5 Å². The molecule has 0 aliphatic heterocycles. The summed E-state index contributed by atoms with van der Waals surface area (Å²) in [7, 11) is 1.31. The highest BCUT2D eigenvalue weighted by Gasteiger charge is 2.24. The Kier molecular flexibility index (Phi) is 35.8. The number of phosphoric ester groups is 1. The normalized spacial score (nSPS) is 14.4. The first-order valence-corrected chi connectivity index (χ1v) is 23.8. The molecule has 0 aliphatic carbocycles. The predicted molar refractivity (Wildman–Crippen MR) is 219 cm³/mol. The molecule has 3 unspecified atom stereocenters. The fourth-order valence-electron chi connectivity index (χ4n) is 6.75. The van der Waals surface area contributed by atoms with Gasteiger partial charge in [0.1, 0.15) is 13.2 Å². The summed E-state index contributed by atoms with van der Waals surface area (Å²) in [6, 6.07) is -0.791. The minimum absolute atomic E-state index is 0.0158. The molecule has 3 atom stereocenters. The van der Waals surface area contributed by atoms with Gasteiger partial charge in [0.05, 0.1) is 39.9 Å². The first kappa shape index (κ1) is 51.5. The molecule has 0 saturated heterocycles. The van der Waals surface area contributed by atoms with Crippen LogP contribution in [0.2, 0.25) is 0 Å². The summed E-state index contributed by atoms with van der Waals surface area (Å²) in [5.74, 6) is -0.166. The lowest BCUT2D eigenvalue weighted by atomic mass is 10.0. The van der Waals surface area contributed by atoms with Crippen LogP contribution >= 0.6 is 7.82 Å². The second-order valence-corrected chi connectivity index (χ2v) is 18.2. The number of likely N-dealkylation sites (N-methyl/N-ethyl adjacent to an activating group) is 1. The molecule has 0 rings (SSSR count). The van der Waals surface area contributed by atoms with Gasteiger partial charge < -0.3 is 28.8 Å². The Hall–Kier alpha value is -0.500. The first-order valence-electron chi connectivity index (χ1n) is 22.4. The molecule has 0 fully saturated rings. The van der Waals surface area contributed by atoms with Crippen molar-refractivity contribution in [3.8, 4) is 0 Å². The van der Waals surface area contributed by atoms with E-state index in [4.69, 9.17) is 9.05 Å². The Bertz CT molecular complexity index is 824. The topological polar surface area (TPSA) is 108 Å². The van der Waals surface area contributed by atoms with Gasteiger partial charge in [-0.05, 0) is 12.8 Å². The molecule has 0 spiro atoms. The highest BCUT2D eigenvalue weighted by molar-refractivity contribution is 7.45. The van der Waals surface area contributed by atoms with Crippen LogP contribution in [0.4, 0.5) is 0 Å². The number of unbranched alkanes of at least 4 members (excludes halogenated alkanes) is 28. The quantitative estimate of drug-likeness (QED) is 0.0365. The maximum absolute atomic E-state index is 12.8. The van der Waals surface area contributed by atoms with Gasteiger partial charge >= 0.3 is 0 Å². The van der Waals surface area contributed by atoms with E-state index in [9.17, 15) is 19.4 Å².